The lowest BCUT2D eigenvalue weighted by Gasteiger charge is -2.14. The largest absolute Gasteiger partial charge is 0.497 e. The summed E-state index contributed by atoms with van der Waals surface area (Å²) >= 11 is 14.3. The fraction of sp³-hybridized carbons (Fsp3) is 0.192. The maximum Gasteiger partial charge on any atom is 0.240 e. The molecule has 0 aliphatic rings. The van der Waals surface area contributed by atoms with Crippen molar-refractivity contribution in [3.05, 3.63) is 79.3 Å². The van der Waals surface area contributed by atoms with Crippen LogP contribution in [-0.4, -0.2) is 32.2 Å². The molecule has 3 aromatic carbocycles. The molecule has 0 aliphatic carbocycles. The van der Waals surface area contributed by atoms with E-state index in [4.69, 9.17) is 37.4 Å². The molecule has 0 fully saturated rings. The summed E-state index contributed by atoms with van der Waals surface area (Å²) in [6.45, 7) is 0.234. The number of rotatable bonds is 11. The molecule has 2 N–H and O–H groups in total. The SMILES string of the molecule is COc1ccc(NC(=O)CCC(=O)NN=Cc2cc(I)c(OCc3ccc(Cl)cc3Cl)c(OC)c2)cc1. The second-order valence-corrected chi connectivity index (χ2v) is 9.63. The van der Waals surface area contributed by atoms with Crippen LogP contribution in [-0.2, 0) is 16.2 Å². The molecule has 3 rings (SSSR count). The summed E-state index contributed by atoms with van der Waals surface area (Å²) in [5.74, 6) is 1.08. The Morgan fingerprint density at radius 3 is 2.38 bits per heavy atom. The molecule has 0 radical (unpaired) electrons. The van der Waals surface area contributed by atoms with Crippen molar-refractivity contribution in [3.63, 3.8) is 0 Å². The van der Waals surface area contributed by atoms with Gasteiger partial charge in [-0.1, -0.05) is 29.3 Å². The first-order valence-electron chi connectivity index (χ1n) is 11.0. The van der Waals surface area contributed by atoms with Crippen molar-refractivity contribution in [2.45, 2.75) is 19.4 Å². The minimum absolute atomic E-state index is 0.0137. The number of halogens is 3. The molecule has 0 saturated carbocycles. The van der Waals surface area contributed by atoms with Crippen molar-refractivity contribution in [3.8, 4) is 17.2 Å². The van der Waals surface area contributed by atoms with Gasteiger partial charge in [0.15, 0.2) is 11.5 Å². The highest BCUT2D eigenvalue weighted by molar-refractivity contribution is 14.1. The van der Waals surface area contributed by atoms with Crippen LogP contribution in [0.2, 0.25) is 10.0 Å². The molecule has 0 heterocycles. The summed E-state index contributed by atoms with van der Waals surface area (Å²) in [4.78, 5) is 24.2. The van der Waals surface area contributed by atoms with Gasteiger partial charge in [0.1, 0.15) is 12.4 Å². The first-order valence-corrected chi connectivity index (χ1v) is 12.8. The van der Waals surface area contributed by atoms with Crippen LogP contribution < -0.4 is 25.0 Å². The first kappa shape index (κ1) is 28.5. The second-order valence-electron chi connectivity index (χ2n) is 7.63. The smallest absolute Gasteiger partial charge is 0.240 e. The molecule has 3 aromatic rings. The highest BCUT2D eigenvalue weighted by atomic mass is 127. The van der Waals surface area contributed by atoms with E-state index in [0.717, 1.165) is 9.13 Å². The van der Waals surface area contributed by atoms with Crippen LogP contribution in [0.1, 0.15) is 24.0 Å². The molecule has 0 aromatic heterocycles. The predicted octanol–water partition coefficient (Wildman–Crippen LogP) is 6.06. The van der Waals surface area contributed by atoms with Gasteiger partial charge >= 0.3 is 0 Å². The van der Waals surface area contributed by atoms with Crippen molar-refractivity contribution in [1.29, 1.82) is 0 Å². The zero-order valence-electron chi connectivity index (χ0n) is 20.0. The molecule has 37 heavy (non-hydrogen) atoms. The number of hydrazone groups is 1. The van der Waals surface area contributed by atoms with Crippen LogP contribution in [0.3, 0.4) is 0 Å². The zero-order chi connectivity index (χ0) is 26.8. The Hall–Kier alpha value is -3.02. The van der Waals surface area contributed by atoms with E-state index < -0.39 is 0 Å². The van der Waals surface area contributed by atoms with Gasteiger partial charge in [-0.2, -0.15) is 5.10 Å². The lowest BCUT2D eigenvalue weighted by atomic mass is 10.2. The molecule has 8 nitrogen and oxygen atoms in total. The average Bonchev–Trinajstić information content (AvgIpc) is 2.88. The highest BCUT2D eigenvalue weighted by Gasteiger charge is 2.13. The Bertz CT molecular complexity index is 1290. The van der Waals surface area contributed by atoms with E-state index in [1.54, 1.807) is 55.6 Å². The molecule has 0 bridgehead atoms. The molecular formula is C26H24Cl2IN3O5. The third-order valence-electron chi connectivity index (χ3n) is 4.99. The fourth-order valence-corrected chi connectivity index (χ4v) is 4.35. The average molecular weight is 656 g/mol. The summed E-state index contributed by atoms with van der Waals surface area (Å²) < 4.78 is 17.3. The minimum atomic E-state index is -0.386. The minimum Gasteiger partial charge on any atom is -0.497 e. The quantitative estimate of drug-likeness (QED) is 0.149. The van der Waals surface area contributed by atoms with Crippen molar-refractivity contribution < 1.29 is 23.8 Å². The van der Waals surface area contributed by atoms with Gasteiger partial charge in [-0.3, -0.25) is 9.59 Å². The van der Waals surface area contributed by atoms with Gasteiger partial charge in [-0.05, 0) is 76.7 Å². The molecule has 0 aliphatic heterocycles. The lowest BCUT2D eigenvalue weighted by molar-refractivity contribution is -0.124. The maximum absolute atomic E-state index is 12.1. The van der Waals surface area contributed by atoms with E-state index in [-0.39, 0.29) is 31.3 Å². The number of benzene rings is 3. The fourth-order valence-electron chi connectivity index (χ4n) is 3.10. The van der Waals surface area contributed by atoms with Gasteiger partial charge in [0.25, 0.3) is 0 Å². The van der Waals surface area contributed by atoms with Crippen LogP contribution in [0.4, 0.5) is 5.69 Å². The van der Waals surface area contributed by atoms with Crippen molar-refractivity contribution in [1.82, 2.24) is 5.43 Å². The Balaban J connectivity index is 1.51. The maximum atomic E-state index is 12.1. The highest BCUT2D eigenvalue weighted by Crippen LogP contribution is 2.35. The van der Waals surface area contributed by atoms with Crippen LogP contribution in [0.15, 0.2) is 59.7 Å². The molecule has 2 amide bonds. The van der Waals surface area contributed by atoms with E-state index in [9.17, 15) is 9.59 Å². The van der Waals surface area contributed by atoms with Gasteiger partial charge in [0, 0.05) is 34.1 Å². The van der Waals surface area contributed by atoms with E-state index >= 15 is 0 Å². The van der Waals surface area contributed by atoms with Crippen molar-refractivity contribution in [2.75, 3.05) is 19.5 Å². The van der Waals surface area contributed by atoms with Gasteiger partial charge in [-0.25, -0.2) is 5.43 Å². The van der Waals surface area contributed by atoms with Gasteiger partial charge in [0.2, 0.25) is 11.8 Å². The Kier molecular flexibility index (Phi) is 10.8. The summed E-state index contributed by atoms with van der Waals surface area (Å²) in [5, 5.41) is 7.77. The molecule has 0 spiro atoms. The van der Waals surface area contributed by atoms with E-state index in [0.29, 0.717) is 38.5 Å². The van der Waals surface area contributed by atoms with Crippen LogP contribution in [0, 0.1) is 3.57 Å². The van der Waals surface area contributed by atoms with Gasteiger partial charge < -0.3 is 19.5 Å². The molecule has 0 saturated heterocycles. The number of hydrogen-bond donors (Lipinski definition) is 2. The third kappa shape index (κ3) is 8.80. The van der Waals surface area contributed by atoms with E-state index in [1.165, 1.54) is 13.3 Å². The monoisotopic (exact) mass is 655 g/mol. The normalized spacial score (nSPS) is 10.7. The summed E-state index contributed by atoms with van der Waals surface area (Å²) in [7, 11) is 3.10. The summed E-state index contributed by atoms with van der Waals surface area (Å²) in [6, 6.07) is 15.7. The number of carbonyl (C=O) groups excluding carboxylic acids is 2. The van der Waals surface area contributed by atoms with Crippen LogP contribution in [0.25, 0.3) is 0 Å². The number of methoxy groups -OCH3 is 2. The number of carbonyl (C=O) groups is 2. The Labute approximate surface area is 238 Å². The molecule has 194 valence electrons. The summed E-state index contributed by atoms with van der Waals surface area (Å²) in [6.07, 6.45) is 1.49. The molecule has 0 unspecified atom stereocenters. The Morgan fingerprint density at radius 1 is 0.973 bits per heavy atom. The zero-order valence-corrected chi connectivity index (χ0v) is 23.7. The van der Waals surface area contributed by atoms with E-state index in [1.807, 2.05) is 6.07 Å². The number of amides is 2. The van der Waals surface area contributed by atoms with Crippen LogP contribution in [0.5, 0.6) is 17.2 Å². The second kappa shape index (κ2) is 14.1. The number of ether oxygens (including phenoxy) is 3. The van der Waals surface area contributed by atoms with E-state index in [2.05, 4.69) is 38.4 Å². The van der Waals surface area contributed by atoms with Crippen molar-refractivity contribution in [2.24, 2.45) is 5.10 Å². The third-order valence-corrected chi connectivity index (χ3v) is 6.38. The standard InChI is InChI=1S/C26H24Cl2IN3O5/c1-35-20-7-5-19(6-8-20)31-24(33)9-10-25(34)32-30-14-16-11-22(29)26(23(12-16)36-2)37-15-17-3-4-18(27)13-21(17)28/h3-8,11-14H,9-10,15H2,1-2H3,(H,31,33)(H,32,34). The van der Waals surface area contributed by atoms with Crippen molar-refractivity contribution >= 4 is 69.5 Å². The number of hydrogen-bond acceptors (Lipinski definition) is 6. The number of anilines is 1. The molecule has 11 heteroatoms. The lowest BCUT2D eigenvalue weighted by Crippen LogP contribution is -2.20. The topological polar surface area (TPSA) is 98.2 Å². The molecular weight excluding hydrogens is 632 g/mol. The number of nitrogens with one attached hydrogen (secondary N) is 2. The van der Waals surface area contributed by atoms with Gasteiger partial charge in [0.05, 0.1) is 24.0 Å². The van der Waals surface area contributed by atoms with Crippen LogP contribution >= 0.6 is 45.8 Å². The number of nitrogens with zero attached hydrogens (tertiary/aromatic N) is 1. The molecule has 0 atom stereocenters. The van der Waals surface area contributed by atoms with Gasteiger partial charge in [-0.15, -0.1) is 0 Å². The predicted molar refractivity (Wildman–Crippen MR) is 153 cm³/mol. The first-order chi connectivity index (χ1) is 17.8. The summed E-state index contributed by atoms with van der Waals surface area (Å²) in [5.41, 5.74) is 4.53. The Morgan fingerprint density at radius 2 is 1.70 bits per heavy atom.